The molecule has 3 aromatic rings. The predicted octanol–water partition coefficient (Wildman–Crippen LogP) is 3.35. The third kappa shape index (κ3) is 2.41. The van der Waals surface area contributed by atoms with Crippen molar-refractivity contribution in [2.75, 3.05) is 0 Å². The largest absolute Gasteiger partial charge is 0.349 e. The molecule has 0 aliphatic carbocycles. The van der Waals surface area contributed by atoms with Gasteiger partial charge in [-0.15, -0.1) is 0 Å². The molecule has 0 aliphatic heterocycles. The highest BCUT2D eigenvalue weighted by Gasteiger charge is 2.13. The highest BCUT2D eigenvalue weighted by molar-refractivity contribution is 5.90. The zero-order chi connectivity index (χ0) is 15.7. The normalized spacial score (nSPS) is 11.0. The average Bonchev–Trinajstić information content (AvgIpc) is 2.53. The summed E-state index contributed by atoms with van der Waals surface area (Å²) < 4.78 is 1.63. The van der Waals surface area contributed by atoms with E-state index in [1.165, 1.54) is 0 Å². The standard InChI is InChI=1S/C18H19N3O/c1-4-14-9-10-15-16(13-8-6-7-12(3)11-13)20-18(22)21(5-2)17(15)19-14/h6-11H,4-5H2,1-3H3. The van der Waals surface area contributed by atoms with Crippen LogP contribution in [-0.2, 0) is 13.0 Å². The molecule has 0 atom stereocenters. The number of hydrogen-bond acceptors (Lipinski definition) is 3. The molecule has 22 heavy (non-hydrogen) atoms. The van der Waals surface area contributed by atoms with Gasteiger partial charge in [-0.2, -0.15) is 4.98 Å². The van der Waals surface area contributed by atoms with E-state index in [1.54, 1.807) is 4.57 Å². The van der Waals surface area contributed by atoms with Crippen LogP contribution in [0.3, 0.4) is 0 Å². The lowest BCUT2D eigenvalue weighted by Crippen LogP contribution is -2.24. The van der Waals surface area contributed by atoms with Gasteiger partial charge in [0.05, 0.1) is 5.69 Å². The number of rotatable bonds is 3. The van der Waals surface area contributed by atoms with E-state index in [4.69, 9.17) is 0 Å². The van der Waals surface area contributed by atoms with Gasteiger partial charge in [-0.05, 0) is 38.5 Å². The molecule has 2 aromatic heterocycles. The lowest BCUT2D eigenvalue weighted by molar-refractivity contribution is 0.721. The fraction of sp³-hybridized carbons (Fsp3) is 0.278. The minimum Gasteiger partial charge on any atom is -0.276 e. The van der Waals surface area contributed by atoms with Crippen molar-refractivity contribution in [1.29, 1.82) is 0 Å². The second-order valence-electron chi connectivity index (χ2n) is 5.38. The van der Waals surface area contributed by atoms with Crippen molar-refractivity contribution < 1.29 is 0 Å². The van der Waals surface area contributed by atoms with Crippen LogP contribution in [0, 0.1) is 6.92 Å². The summed E-state index contributed by atoms with van der Waals surface area (Å²) in [5, 5.41) is 0.921. The lowest BCUT2D eigenvalue weighted by Gasteiger charge is -2.11. The van der Waals surface area contributed by atoms with Gasteiger partial charge in [0.25, 0.3) is 0 Å². The molecule has 0 amide bonds. The van der Waals surface area contributed by atoms with Gasteiger partial charge in [0.1, 0.15) is 5.65 Å². The molecule has 0 bridgehead atoms. The molecule has 4 nitrogen and oxygen atoms in total. The number of aromatic nitrogens is 3. The second-order valence-corrected chi connectivity index (χ2v) is 5.38. The quantitative estimate of drug-likeness (QED) is 0.744. The van der Waals surface area contributed by atoms with Crippen LogP contribution in [0.25, 0.3) is 22.3 Å². The van der Waals surface area contributed by atoms with Crippen LogP contribution in [0.1, 0.15) is 25.1 Å². The van der Waals surface area contributed by atoms with Crippen LogP contribution in [0.15, 0.2) is 41.2 Å². The van der Waals surface area contributed by atoms with E-state index in [-0.39, 0.29) is 5.69 Å². The molecule has 0 unspecified atom stereocenters. The maximum Gasteiger partial charge on any atom is 0.349 e. The van der Waals surface area contributed by atoms with Crippen LogP contribution in [0.2, 0.25) is 0 Å². The topological polar surface area (TPSA) is 47.8 Å². The number of benzene rings is 1. The first kappa shape index (κ1) is 14.4. The zero-order valence-electron chi connectivity index (χ0n) is 13.1. The van der Waals surface area contributed by atoms with Gasteiger partial charge in [-0.3, -0.25) is 4.57 Å². The van der Waals surface area contributed by atoms with E-state index < -0.39 is 0 Å². The predicted molar refractivity (Wildman–Crippen MR) is 89.0 cm³/mol. The van der Waals surface area contributed by atoms with Crippen LogP contribution < -0.4 is 5.69 Å². The molecule has 3 rings (SSSR count). The summed E-state index contributed by atoms with van der Waals surface area (Å²) in [5.41, 5.74) is 4.27. The Bertz CT molecular complexity index is 896. The van der Waals surface area contributed by atoms with E-state index in [2.05, 4.69) is 16.9 Å². The summed E-state index contributed by atoms with van der Waals surface area (Å²) in [6, 6.07) is 12.1. The zero-order valence-corrected chi connectivity index (χ0v) is 13.1. The number of nitrogens with zero attached hydrogens (tertiary/aromatic N) is 3. The molecular formula is C18H19N3O. The summed E-state index contributed by atoms with van der Waals surface area (Å²) in [5.74, 6) is 0. The summed E-state index contributed by atoms with van der Waals surface area (Å²) >= 11 is 0. The van der Waals surface area contributed by atoms with E-state index in [0.717, 1.165) is 34.3 Å². The van der Waals surface area contributed by atoms with Crippen molar-refractivity contribution in [3.8, 4) is 11.3 Å². The van der Waals surface area contributed by atoms with Gasteiger partial charge < -0.3 is 0 Å². The molecule has 112 valence electrons. The molecule has 0 N–H and O–H groups in total. The van der Waals surface area contributed by atoms with Crippen molar-refractivity contribution in [1.82, 2.24) is 14.5 Å². The van der Waals surface area contributed by atoms with Crippen LogP contribution in [-0.4, -0.2) is 14.5 Å². The Morgan fingerprint density at radius 2 is 1.91 bits per heavy atom. The van der Waals surface area contributed by atoms with Gasteiger partial charge >= 0.3 is 5.69 Å². The number of aryl methyl sites for hydroxylation is 3. The molecule has 0 saturated carbocycles. The molecule has 2 heterocycles. The smallest absolute Gasteiger partial charge is 0.276 e. The van der Waals surface area contributed by atoms with Gasteiger partial charge in [0.15, 0.2) is 0 Å². The third-order valence-corrected chi connectivity index (χ3v) is 3.85. The lowest BCUT2D eigenvalue weighted by atomic mass is 10.1. The highest BCUT2D eigenvalue weighted by Crippen LogP contribution is 2.25. The molecular weight excluding hydrogens is 274 g/mol. The Hall–Kier alpha value is -2.49. The first-order valence-corrected chi connectivity index (χ1v) is 7.61. The molecule has 1 aromatic carbocycles. The van der Waals surface area contributed by atoms with E-state index in [0.29, 0.717) is 12.2 Å². The van der Waals surface area contributed by atoms with Crippen molar-refractivity contribution >= 4 is 11.0 Å². The van der Waals surface area contributed by atoms with E-state index in [1.807, 2.05) is 50.2 Å². The minimum atomic E-state index is -0.243. The fourth-order valence-corrected chi connectivity index (χ4v) is 2.68. The number of fused-ring (bicyclic) bond motifs is 1. The number of pyridine rings is 1. The van der Waals surface area contributed by atoms with Crippen molar-refractivity contribution in [3.05, 3.63) is 58.1 Å². The maximum atomic E-state index is 12.4. The highest BCUT2D eigenvalue weighted by atomic mass is 16.1. The van der Waals surface area contributed by atoms with Crippen molar-refractivity contribution in [2.24, 2.45) is 0 Å². The van der Waals surface area contributed by atoms with Gasteiger partial charge in [-0.1, -0.05) is 30.7 Å². The Morgan fingerprint density at radius 3 is 2.59 bits per heavy atom. The van der Waals surface area contributed by atoms with Crippen molar-refractivity contribution in [3.63, 3.8) is 0 Å². The summed E-state index contributed by atoms with van der Waals surface area (Å²) in [6.07, 6.45) is 0.843. The molecule has 0 fully saturated rings. The minimum absolute atomic E-state index is 0.243. The Balaban J connectivity index is 2.39. The van der Waals surface area contributed by atoms with Gasteiger partial charge in [-0.25, -0.2) is 9.78 Å². The van der Waals surface area contributed by atoms with E-state index in [9.17, 15) is 4.79 Å². The van der Waals surface area contributed by atoms with Crippen LogP contribution in [0.4, 0.5) is 0 Å². The molecule has 0 aliphatic rings. The first-order chi connectivity index (χ1) is 10.6. The van der Waals surface area contributed by atoms with Crippen LogP contribution >= 0.6 is 0 Å². The Morgan fingerprint density at radius 1 is 1.09 bits per heavy atom. The summed E-state index contributed by atoms with van der Waals surface area (Å²) in [7, 11) is 0. The first-order valence-electron chi connectivity index (χ1n) is 7.61. The Labute approximate surface area is 129 Å². The summed E-state index contributed by atoms with van der Waals surface area (Å²) in [6.45, 7) is 6.60. The molecule has 0 spiro atoms. The third-order valence-electron chi connectivity index (χ3n) is 3.85. The van der Waals surface area contributed by atoms with Crippen LogP contribution in [0.5, 0.6) is 0 Å². The average molecular weight is 293 g/mol. The monoisotopic (exact) mass is 293 g/mol. The fourth-order valence-electron chi connectivity index (χ4n) is 2.68. The summed E-state index contributed by atoms with van der Waals surface area (Å²) in [4.78, 5) is 21.3. The van der Waals surface area contributed by atoms with Crippen molar-refractivity contribution in [2.45, 2.75) is 33.7 Å². The molecule has 0 radical (unpaired) electrons. The SMILES string of the molecule is CCc1ccc2c(-c3cccc(C)c3)nc(=O)n(CC)c2n1. The molecule has 0 saturated heterocycles. The number of hydrogen-bond donors (Lipinski definition) is 0. The van der Waals surface area contributed by atoms with Gasteiger partial charge in [0.2, 0.25) is 0 Å². The van der Waals surface area contributed by atoms with E-state index >= 15 is 0 Å². The van der Waals surface area contributed by atoms with Gasteiger partial charge in [0, 0.05) is 23.2 Å². The Kier molecular flexibility index (Phi) is 3.75. The second kappa shape index (κ2) is 5.72. The molecule has 4 heteroatoms. The maximum absolute atomic E-state index is 12.4.